The van der Waals surface area contributed by atoms with Crippen molar-refractivity contribution >= 4 is 11.5 Å². The van der Waals surface area contributed by atoms with E-state index >= 15 is 0 Å². The molecule has 26 heavy (non-hydrogen) atoms. The van der Waals surface area contributed by atoms with E-state index < -0.39 is 5.97 Å². The third-order valence-corrected chi connectivity index (χ3v) is 4.30. The number of nitrogens with zero attached hydrogens (tertiary/aromatic N) is 1. The number of hydrogen-bond donors (Lipinski definition) is 0. The van der Waals surface area contributed by atoms with Gasteiger partial charge in [-0.25, -0.2) is 0 Å². The molecule has 4 nitrogen and oxygen atoms in total. The maximum absolute atomic E-state index is 11.0. The number of aliphatic carboxylic acids is 1. The van der Waals surface area contributed by atoms with E-state index in [2.05, 4.69) is 37.2 Å². The van der Waals surface area contributed by atoms with Crippen LogP contribution in [0, 0.1) is 0 Å². The standard InChI is InChI=1S/C21H23NO3.K/c1-22(2)11-5-8-18-17-7-4-3-6-16(17)14-25-20-10-9-15(12-19(18)20)13-21(23)24;/h3-4,6-10,12H,5,11,13-14H2,1-2H3,(H,23,24);/q;+1/p-1/b18-8+;. The molecule has 0 fully saturated rings. The number of ether oxygens (including phenoxy) is 1. The van der Waals surface area contributed by atoms with E-state index in [0.717, 1.165) is 46.5 Å². The van der Waals surface area contributed by atoms with Gasteiger partial charge in [0.1, 0.15) is 12.4 Å². The smallest absolute Gasteiger partial charge is 0.550 e. The zero-order valence-electron chi connectivity index (χ0n) is 15.6. The summed E-state index contributed by atoms with van der Waals surface area (Å²) in [4.78, 5) is 13.1. The van der Waals surface area contributed by atoms with Gasteiger partial charge in [-0.15, -0.1) is 0 Å². The first-order valence-corrected chi connectivity index (χ1v) is 8.43. The topological polar surface area (TPSA) is 52.6 Å². The van der Waals surface area contributed by atoms with E-state index in [-0.39, 0.29) is 57.8 Å². The van der Waals surface area contributed by atoms with Crippen LogP contribution in [0.5, 0.6) is 5.75 Å². The van der Waals surface area contributed by atoms with Gasteiger partial charge in [-0.2, -0.15) is 0 Å². The Morgan fingerprint density at radius 2 is 1.96 bits per heavy atom. The van der Waals surface area contributed by atoms with Gasteiger partial charge in [-0.1, -0.05) is 36.4 Å². The van der Waals surface area contributed by atoms with Crippen molar-refractivity contribution in [2.24, 2.45) is 0 Å². The van der Waals surface area contributed by atoms with Gasteiger partial charge >= 0.3 is 51.4 Å². The van der Waals surface area contributed by atoms with Gasteiger partial charge in [0.2, 0.25) is 0 Å². The van der Waals surface area contributed by atoms with Crippen molar-refractivity contribution in [1.29, 1.82) is 0 Å². The first-order chi connectivity index (χ1) is 12.0. The summed E-state index contributed by atoms with van der Waals surface area (Å²) in [6.07, 6.45) is 3.02. The van der Waals surface area contributed by atoms with Crippen molar-refractivity contribution in [3.8, 4) is 5.75 Å². The largest absolute Gasteiger partial charge is 1.00 e. The predicted molar refractivity (Wildman–Crippen MR) is 96.2 cm³/mol. The first-order valence-electron chi connectivity index (χ1n) is 8.43. The van der Waals surface area contributed by atoms with Gasteiger partial charge in [0.25, 0.3) is 0 Å². The molecular weight excluding hydrogens is 353 g/mol. The van der Waals surface area contributed by atoms with Crippen LogP contribution in [0.3, 0.4) is 0 Å². The number of benzene rings is 2. The molecule has 0 aliphatic carbocycles. The second-order valence-electron chi connectivity index (χ2n) is 6.53. The maximum Gasteiger partial charge on any atom is 1.00 e. The zero-order chi connectivity index (χ0) is 17.8. The van der Waals surface area contributed by atoms with Crippen molar-refractivity contribution in [3.63, 3.8) is 0 Å². The van der Waals surface area contributed by atoms with E-state index in [9.17, 15) is 9.90 Å². The van der Waals surface area contributed by atoms with Crippen molar-refractivity contribution in [1.82, 2.24) is 4.90 Å². The Labute approximate surface area is 197 Å². The van der Waals surface area contributed by atoms with Crippen LogP contribution in [0.15, 0.2) is 48.5 Å². The summed E-state index contributed by atoms with van der Waals surface area (Å²) in [5.41, 5.74) is 5.05. The number of carboxylic acid groups (broad SMARTS) is 1. The Morgan fingerprint density at radius 1 is 1.19 bits per heavy atom. The average molecular weight is 376 g/mol. The predicted octanol–water partition coefficient (Wildman–Crippen LogP) is -0.741. The fourth-order valence-corrected chi connectivity index (χ4v) is 3.09. The number of carboxylic acids is 1. The minimum absolute atomic E-state index is 0. The number of fused-ring (bicyclic) bond motifs is 2. The van der Waals surface area contributed by atoms with Gasteiger partial charge in [0.15, 0.2) is 0 Å². The molecule has 0 bridgehead atoms. The molecule has 5 heteroatoms. The molecule has 1 aliphatic rings. The Bertz CT molecular complexity index is 815. The van der Waals surface area contributed by atoms with Crippen molar-refractivity contribution in [3.05, 3.63) is 70.8 Å². The molecule has 0 saturated carbocycles. The second-order valence-corrected chi connectivity index (χ2v) is 6.53. The van der Waals surface area contributed by atoms with Crippen molar-refractivity contribution in [2.75, 3.05) is 20.6 Å². The van der Waals surface area contributed by atoms with Gasteiger partial charge in [-0.05, 0) is 54.9 Å². The van der Waals surface area contributed by atoms with E-state index in [1.807, 2.05) is 24.3 Å². The Kier molecular flexibility index (Phi) is 8.07. The summed E-state index contributed by atoms with van der Waals surface area (Å²) in [5.74, 6) is -0.289. The number of carbonyl (C=O) groups is 1. The molecule has 0 amide bonds. The van der Waals surface area contributed by atoms with Crippen LogP contribution in [0.25, 0.3) is 5.57 Å². The molecule has 0 radical (unpaired) electrons. The van der Waals surface area contributed by atoms with Gasteiger partial charge in [-0.3, -0.25) is 0 Å². The number of hydrogen-bond acceptors (Lipinski definition) is 4. The van der Waals surface area contributed by atoms with E-state index in [4.69, 9.17) is 4.74 Å². The van der Waals surface area contributed by atoms with Gasteiger partial charge < -0.3 is 19.5 Å². The fraction of sp³-hybridized carbons (Fsp3) is 0.286. The maximum atomic E-state index is 11.0. The monoisotopic (exact) mass is 375 g/mol. The van der Waals surface area contributed by atoms with Crippen LogP contribution in [0.4, 0.5) is 0 Å². The Hall–Kier alpha value is -0.954. The minimum atomic E-state index is -1.08. The zero-order valence-corrected chi connectivity index (χ0v) is 18.7. The van der Waals surface area contributed by atoms with Gasteiger partial charge in [0, 0.05) is 24.5 Å². The second kappa shape index (κ2) is 9.83. The molecule has 1 aliphatic heterocycles. The van der Waals surface area contributed by atoms with Crippen molar-refractivity contribution < 1.29 is 66.0 Å². The number of carbonyl (C=O) groups excluding carboxylic acids is 1. The third kappa shape index (κ3) is 5.28. The molecule has 2 aromatic rings. The van der Waals surface area contributed by atoms with Crippen LogP contribution >= 0.6 is 0 Å². The summed E-state index contributed by atoms with van der Waals surface area (Å²) >= 11 is 0. The molecule has 0 N–H and O–H groups in total. The van der Waals surface area contributed by atoms with E-state index in [1.165, 1.54) is 0 Å². The number of rotatable bonds is 5. The van der Waals surface area contributed by atoms with Gasteiger partial charge in [0.05, 0.1) is 0 Å². The summed E-state index contributed by atoms with van der Waals surface area (Å²) in [5, 5.41) is 11.0. The molecule has 0 spiro atoms. The van der Waals surface area contributed by atoms with E-state index in [0.29, 0.717) is 6.61 Å². The third-order valence-electron chi connectivity index (χ3n) is 4.30. The first kappa shape index (κ1) is 21.3. The molecule has 0 atom stereocenters. The molecule has 130 valence electrons. The SMILES string of the molecule is CN(C)CC/C=C1\c2ccccc2COc2ccc(CC(=O)[O-])cc21.[K+]. The molecule has 2 aromatic carbocycles. The molecular formula is C21H22KNO3. The van der Waals surface area contributed by atoms with E-state index in [1.54, 1.807) is 6.07 Å². The quantitative estimate of drug-likeness (QED) is 0.646. The van der Waals surface area contributed by atoms with Crippen LogP contribution in [-0.4, -0.2) is 31.5 Å². The molecule has 0 saturated heterocycles. The normalized spacial score (nSPS) is 14.0. The summed E-state index contributed by atoms with van der Waals surface area (Å²) in [6.45, 7) is 1.45. The summed E-state index contributed by atoms with van der Waals surface area (Å²) < 4.78 is 5.98. The fourth-order valence-electron chi connectivity index (χ4n) is 3.09. The Morgan fingerprint density at radius 3 is 2.69 bits per heavy atom. The summed E-state index contributed by atoms with van der Waals surface area (Å²) in [7, 11) is 4.10. The average Bonchev–Trinajstić information content (AvgIpc) is 2.72. The van der Waals surface area contributed by atoms with Crippen LogP contribution in [0.1, 0.15) is 28.7 Å². The van der Waals surface area contributed by atoms with Crippen LogP contribution in [0.2, 0.25) is 0 Å². The van der Waals surface area contributed by atoms with Crippen LogP contribution in [-0.2, 0) is 17.8 Å². The molecule has 1 heterocycles. The molecule has 0 aromatic heterocycles. The molecule has 0 unspecified atom stereocenters. The van der Waals surface area contributed by atoms with Crippen molar-refractivity contribution in [2.45, 2.75) is 19.4 Å². The minimum Gasteiger partial charge on any atom is -0.550 e. The van der Waals surface area contributed by atoms with Crippen LogP contribution < -0.4 is 61.2 Å². The molecule has 3 rings (SSSR count). The summed E-state index contributed by atoms with van der Waals surface area (Å²) in [6, 6.07) is 13.8. The Balaban J connectivity index is 0.00000243.